The number of nitrogens with one attached hydrogen (secondary N) is 2. The van der Waals surface area contributed by atoms with E-state index in [1.165, 1.54) is 30.7 Å². The van der Waals surface area contributed by atoms with E-state index in [0.29, 0.717) is 23.6 Å². The summed E-state index contributed by atoms with van der Waals surface area (Å²) < 4.78 is 26.1. The Bertz CT molecular complexity index is 972. The Morgan fingerprint density at radius 2 is 1.48 bits per heavy atom. The van der Waals surface area contributed by atoms with Crippen LogP contribution in [-0.4, -0.2) is 38.5 Å². The van der Waals surface area contributed by atoms with Gasteiger partial charge >= 0.3 is 0 Å². The van der Waals surface area contributed by atoms with Gasteiger partial charge in [-0.15, -0.1) is 0 Å². The zero-order chi connectivity index (χ0) is 23.8. The van der Waals surface area contributed by atoms with Crippen LogP contribution in [0.4, 0.5) is 8.78 Å². The quantitative estimate of drug-likeness (QED) is 0.478. The van der Waals surface area contributed by atoms with Crippen molar-refractivity contribution in [2.24, 2.45) is 11.7 Å². The Hall–Kier alpha value is -2.93. The molecule has 0 amide bonds. The standard InChI is InChI=1S/C19H12F2O.C8H19N3/c20-18-5-1-14(2-6-18)16-9-13(12-22)10-17(11-16)15-3-7-19(21)8-4-15;1-6(9)7-3-8(5-10-2)11-4-7/h1-12H;6-8,10-11H,3-5,9H2,1-2H3. The second kappa shape index (κ2) is 11.8. The number of halogens is 2. The van der Waals surface area contributed by atoms with Crippen LogP contribution in [0.25, 0.3) is 22.3 Å². The van der Waals surface area contributed by atoms with Crippen molar-refractivity contribution >= 4 is 6.29 Å². The van der Waals surface area contributed by atoms with Gasteiger partial charge in [0.2, 0.25) is 0 Å². The molecule has 0 aromatic heterocycles. The van der Waals surface area contributed by atoms with Crippen LogP contribution in [0, 0.1) is 17.6 Å². The third-order valence-electron chi connectivity index (χ3n) is 5.90. The van der Waals surface area contributed by atoms with Crippen LogP contribution in [0.3, 0.4) is 0 Å². The van der Waals surface area contributed by atoms with Gasteiger partial charge in [0.15, 0.2) is 0 Å². The van der Waals surface area contributed by atoms with Gasteiger partial charge in [0.25, 0.3) is 0 Å². The first-order chi connectivity index (χ1) is 15.9. The maximum absolute atomic E-state index is 13.0. The number of aldehydes is 1. The summed E-state index contributed by atoms with van der Waals surface area (Å²) in [5.41, 5.74) is 9.56. The van der Waals surface area contributed by atoms with Crippen LogP contribution < -0.4 is 16.4 Å². The van der Waals surface area contributed by atoms with Gasteiger partial charge in [-0.2, -0.15) is 0 Å². The van der Waals surface area contributed by atoms with Crippen LogP contribution in [0.15, 0.2) is 66.7 Å². The molecule has 4 nitrogen and oxygen atoms in total. The lowest BCUT2D eigenvalue weighted by Crippen LogP contribution is -2.31. The first kappa shape index (κ1) is 24.7. The average molecular weight is 452 g/mol. The molecule has 1 aliphatic heterocycles. The molecule has 33 heavy (non-hydrogen) atoms. The molecule has 0 aliphatic carbocycles. The molecule has 1 aliphatic rings. The molecule has 4 N–H and O–H groups in total. The van der Waals surface area contributed by atoms with Crippen molar-refractivity contribution in [2.75, 3.05) is 20.1 Å². The van der Waals surface area contributed by atoms with E-state index in [-0.39, 0.29) is 11.6 Å². The Morgan fingerprint density at radius 1 is 0.970 bits per heavy atom. The van der Waals surface area contributed by atoms with Crippen molar-refractivity contribution in [1.29, 1.82) is 0 Å². The largest absolute Gasteiger partial charge is 0.328 e. The summed E-state index contributed by atoms with van der Waals surface area (Å²) in [6, 6.07) is 18.5. The minimum absolute atomic E-state index is 0.311. The Kier molecular flexibility index (Phi) is 8.83. The summed E-state index contributed by atoms with van der Waals surface area (Å²) in [5, 5.41) is 6.61. The zero-order valence-corrected chi connectivity index (χ0v) is 19.0. The molecule has 3 aromatic carbocycles. The van der Waals surface area contributed by atoms with Crippen LogP contribution >= 0.6 is 0 Å². The molecule has 1 fully saturated rings. The molecule has 174 valence electrons. The normalized spacial score (nSPS) is 18.3. The molecule has 3 aromatic rings. The number of carbonyl (C=O) groups is 1. The molecule has 3 atom stereocenters. The molecule has 0 radical (unpaired) electrons. The fraction of sp³-hybridized carbons (Fsp3) is 0.296. The highest BCUT2D eigenvalue weighted by atomic mass is 19.1. The minimum Gasteiger partial charge on any atom is -0.328 e. The van der Waals surface area contributed by atoms with E-state index in [1.807, 2.05) is 13.1 Å². The van der Waals surface area contributed by atoms with Gasteiger partial charge in [-0.05, 0) is 97.6 Å². The predicted octanol–water partition coefficient (Wildman–Crippen LogP) is 4.64. The molecule has 0 spiro atoms. The van der Waals surface area contributed by atoms with Gasteiger partial charge in [0.05, 0.1) is 0 Å². The van der Waals surface area contributed by atoms with Gasteiger partial charge in [0, 0.05) is 24.2 Å². The van der Waals surface area contributed by atoms with Crippen molar-refractivity contribution in [3.8, 4) is 22.3 Å². The SMILES string of the molecule is CNCC1CC(C(C)N)CN1.O=Cc1cc(-c2ccc(F)cc2)cc(-c2ccc(F)cc2)c1. The highest BCUT2D eigenvalue weighted by molar-refractivity contribution is 5.84. The number of rotatable bonds is 6. The lowest BCUT2D eigenvalue weighted by atomic mass is 9.96. The van der Waals surface area contributed by atoms with Crippen molar-refractivity contribution in [2.45, 2.75) is 25.4 Å². The van der Waals surface area contributed by atoms with Crippen molar-refractivity contribution < 1.29 is 13.6 Å². The fourth-order valence-corrected chi connectivity index (χ4v) is 3.99. The summed E-state index contributed by atoms with van der Waals surface area (Å²) >= 11 is 0. The van der Waals surface area contributed by atoms with E-state index in [4.69, 9.17) is 5.73 Å². The highest BCUT2D eigenvalue weighted by Gasteiger charge is 2.25. The molecule has 6 heteroatoms. The van der Waals surface area contributed by atoms with Gasteiger partial charge in [-0.25, -0.2) is 8.78 Å². The van der Waals surface area contributed by atoms with Gasteiger partial charge < -0.3 is 16.4 Å². The second-order valence-electron chi connectivity index (χ2n) is 8.49. The first-order valence-corrected chi connectivity index (χ1v) is 11.1. The van der Waals surface area contributed by atoms with Crippen molar-refractivity contribution in [1.82, 2.24) is 10.6 Å². The topological polar surface area (TPSA) is 67.2 Å². The summed E-state index contributed by atoms with van der Waals surface area (Å²) in [6.07, 6.45) is 1.98. The maximum atomic E-state index is 13.0. The van der Waals surface area contributed by atoms with Crippen LogP contribution in [0.1, 0.15) is 23.7 Å². The van der Waals surface area contributed by atoms with E-state index in [1.54, 1.807) is 36.4 Å². The van der Waals surface area contributed by atoms with Crippen LogP contribution in [0.5, 0.6) is 0 Å². The third kappa shape index (κ3) is 7.02. The first-order valence-electron chi connectivity index (χ1n) is 11.1. The highest BCUT2D eigenvalue weighted by Crippen LogP contribution is 2.28. The molecular formula is C27H31F2N3O. The summed E-state index contributed by atoms with van der Waals surface area (Å²) in [5.74, 6) is 0.0523. The van der Waals surface area contributed by atoms with Crippen LogP contribution in [-0.2, 0) is 0 Å². The number of benzene rings is 3. The molecule has 1 saturated heterocycles. The second-order valence-corrected chi connectivity index (χ2v) is 8.49. The van der Waals surface area contributed by atoms with E-state index in [9.17, 15) is 13.6 Å². The molecular weight excluding hydrogens is 420 g/mol. The van der Waals surface area contributed by atoms with Crippen LogP contribution in [0.2, 0.25) is 0 Å². The average Bonchev–Trinajstić information content (AvgIpc) is 3.29. The number of carbonyl (C=O) groups excluding carboxylic acids is 1. The third-order valence-corrected chi connectivity index (χ3v) is 5.90. The monoisotopic (exact) mass is 451 g/mol. The molecule has 0 bridgehead atoms. The lowest BCUT2D eigenvalue weighted by Gasteiger charge is -2.12. The smallest absolute Gasteiger partial charge is 0.150 e. The maximum Gasteiger partial charge on any atom is 0.150 e. The predicted molar refractivity (Wildman–Crippen MR) is 130 cm³/mol. The molecule has 4 rings (SSSR count). The fourth-order valence-electron chi connectivity index (χ4n) is 3.99. The van der Waals surface area contributed by atoms with Gasteiger partial charge in [0.1, 0.15) is 17.9 Å². The van der Waals surface area contributed by atoms with E-state index >= 15 is 0 Å². The molecule has 1 heterocycles. The Balaban J connectivity index is 0.000000235. The number of hydrogen-bond acceptors (Lipinski definition) is 4. The lowest BCUT2D eigenvalue weighted by molar-refractivity contribution is 0.112. The minimum atomic E-state index is -0.311. The summed E-state index contributed by atoms with van der Waals surface area (Å²) in [7, 11) is 1.99. The summed E-state index contributed by atoms with van der Waals surface area (Å²) in [4.78, 5) is 11.2. The number of nitrogens with two attached hydrogens (primary N) is 1. The zero-order valence-electron chi connectivity index (χ0n) is 19.0. The van der Waals surface area contributed by atoms with Gasteiger partial charge in [-0.3, -0.25) is 4.79 Å². The summed E-state index contributed by atoms with van der Waals surface area (Å²) in [6.45, 7) is 4.24. The Morgan fingerprint density at radius 3 is 1.88 bits per heavy atom. The number of likely N-dealkylation sites (N-methyl/N-ethyl adjacent to an activating group) is 1. The number of hydrogen-bond donors (Lipinski definition) is 3. The van der Waals surface area contributed by atoms with Crippen molar-refractivity contribution in [3.63, 3.8) is 0 Å². The Labute approximate surface area is 194 Å². The van der Waals surface area contributed by atoms with E-state index in [0.717, 1.165) is 41.6 Å². The molecule has 0 saturated carbocycles. The molecule has 3 unspecified atom stereocenters. The van der Waals surface area contributed by atoms with Crippen molar-refractivity contribution in [3.05, 3.63) is 83.9 Å². The van der Waals surface area contributed by atoms with Gasteiger partial charge in [-0.1, -0.05) is 24.3 Å². The van der Waals surface area contributed by atoms with E-state index in [2.05, 4.69) is 17.6 Å². The van der Waals surface area contributed by atoms with E-state index < -0.39 is 0 Å².